The summed E-state index contributed by atoms with van der Waals surface area (Å²) in [5.74, 6) is 0.175. The highest BCUT2D eigenvalue weighted by Crippen LogP contribution is 2.51. The van der Waals surface area contributed by atoms with Crippen LogP contribution in [0, 0.1) is 0 Å². The third-order valence-electron chi connectivity index (χ3n) is 12.1. The molecule has 0 saturated heterocycles. The topological polar surface area (TPSA) is 351 Å². The fourth-order valence-electron chi connectivity index (χ4n) is 7.45. The molecule has 0 aliphatic carbocycles. The number of aliphatic carboxylic acids is 1. The molecule has 0 unspecified atom stereocenters. The Balaban J connectivity index is -0.000000164. The lowest BCUT2D eigenvalue weighted by Crippen LogP contribution is -2.21. The molecule has 116 heavy (non-hydrogen) atoms. The Morgan fingerprint density at radius 3 is 0.603 bits per heavy atom. The van der Waals surface area contributed by atoms with Gasteiger partial charge in [0.1, 0.15) is 12.6 Å². The van der Waals surface area contributed by atoms with E-state index >= 15 is 0 Å². The van der Waals surface area contributed by atoms with Crippen LogP contribution in [-0.2, 0) is 135 Å². The Kier molecular flexibility index (Phi) is 105. The van der Waals surface area contributed by atoms with Crippen molar-refractivity contribution in [2.24, 2.45) is 0 Å². The third-order valence-corrected chi connectivity index (χ3v) is 21.7. The molecule has 0 fully saturated rings. The summed E-state index contributed by atoms with van der Waals surface area (Å²) >= 11 is 10.5. The van der Waals surface area contributed by atoms with E-state index in [0.717, 1.165) is 41.8 Å². The molecule has 0 aromatic rings. The van der Waals surface area contributed by atoms with Gasteiger partial charge < -0.3 is 102 Å². The van der Waals surface area contributed by atoms with E-state index in [1.54, 1.807) is 175 Å². The van der Waals surface area contributed by atoms with Crippen LogP contribution < -0.4 is 0 Å². The Morgan fingerprint density at radius 1 is 0.310 bits per heavy atom. The summed E-state index contributed by atoms with van der Waals surface area (Å²) in [6.07, 6.45) is 32.7. The molecule has 0 amide bonds. The number of hydrogen-bond donors (Lipinski definition) is 1. The van der Waals surface area contributed by atoms with Gasteiger partial charge in [-0.1, -0.05) is 109 Å². The molecular weight excluding hydrogens is 1650 g/mol. The maximum absolute atomic E-state index is 12.2. The van der Waals surface area contributed by atoms with Gasteiger partial charge in [0.05, 0.1) is 97.3 Å². The summed E-state index contributed by atoms with van der Waals surface area (Å²) in [5, 5.41) is 7.42. The second-order valence-corrected chi connectivity index (χ2v) is 32.0. The first kappa shape index (κ1) is 131. The number of carboxylic acids is 1. The number of alkyl halides is 2. The highest BCUT2D eigenvalue weighted by atomic mass is 35.5. The van der Waals surface area contributed by atoms with Crippen LogP contribution in [0.2, 0.25) is 0 Å². The number of Topliss-reactive ketones (excluding diaryl/α,β-unsaturated/α-hetero) is 1. The maximum atomic E-state index is 12.2. The number of halogens is 2. The van der Waals surface area contributed by atoms with E-state index in [1.165, 1.54) is 21.1 Å². The molecule has 0 aliphatic heterocycles. The largest absolute Gasteiger partial charge is 0.481 e. The smallest absolute Gasteiger partial charge is 0.334 e. The Hall–Kier alpha value is -3.55. The van der Waals surface area contributed by atoms with E-state index in [9.17, 15) is 32.6 Å². The number of rotatable bonds is 55. The van der Waals surface area contributed by atoms with Crippen LogP contribution in [0.5, 0.6) is 0 Å². The number of ketones is 1. The maximum Gasteiger partial charge on any atom is 0.334 e. The second kappa shape index (κ2) is 93.7. The first-order chi connectivity index (χ1) is 55.0. The Labute approximate surface area is 708 Å². The molecule has 0 aromatic heterocycles. The zero-order valence-corrected chi connectivity index (χ0v) is 80.7. The Bertz CT molecular complexity index is 2580. The molecule has 0 spiro atoms. The van der Waals surface area contributed by atoms with Gasteiger partial charge in [0.15, 0.2) is 30.9 Å². The average molecular weight is 1800 g/mol. The van der Waals surface area contributed by atoms with Gasteiger partial charge in [-0.2, -0.15) is 0 Å². The third kappa shape index (κ3) is 86.8. The number of ether oxygens (including phenoxy) is 10. The number of allylic oxidation sites excluding steroid dienone is 20. The molecule has 0 atom stereocenters. The van der Waals surface area contributed by atoms with Crippen molar-refractivity contribution < 1.29 is 140 Å². The van der Waals surface area contributed by atoms with E-state index in [4.69, 9.17) is 121 Å². The molecular formula is C79H147Cl2O30P5. The molecule has 0 radical (unpaired) electrons. The fourth-order valence-corrected chi connectivity index (χ4v) is 14.5. The molecule has 0 saturated carbocycles. The Morgan fingerprint density at radius 2 is 0.483 bits per heavy atom. The lowest BCUT2D eigenvalue weighted by molar-refractivity contribution is -0.154. The number of aldehydes is 2. The average Bonchev–Trinajstić information content (AvgIpc) is 0.893. The zero-order chi connectivity index (χ0) is 91.1. The van der Waals surface area contributed by atoms with Crippen LogP contribution in [0.1, 0.15) is 132 Å². The van der Waals surface area contributed by atoms with Crippen molar-refractivity contribution in [3.63, 3.8) is 0 Å². The molecule has 682 valence electrons. The molecule has 0 rings (SSSR count). The van der Waals surface area contributed by atoms with E-state index in [-0.39, 0.29) is 55.6 Å². The second-order valence-electron chi connectivity index (χ2n) is 21.7. The van der Waals surface area contributed by atoms with E-state index < -0.39 is 51.2 Å². The summed E-state index contributed by atoms with van der Waals surface area (Å²) in [6.45, 7) is 38.1. The number of carbonyl (C=O) groups is 4. The normalized spacial score (nSPS) is 12.7. The monoisotopic (exact) mass is 1800 g/mol. The van der Waals surface area contributed by atoms with Crippen molar-refractivity contribution in [1.82, 2.24) is 0 Å². The van der Waals surface area contributed by atoms with Crippen LogP contribution >= 0.6 is 62.2 Å². The standard InChI is InChI=1S/2C14H24O4.2C12H26O6P2.C10H12O2.C6H15O3P.C5H10O3.C4H6Cl2.C2H4O2/c2*1-11(13(15-3)16-4)9-7-8-10-12(2)14(17-5)18-6;2*1-5-15-19(13,16-6-2)11-9-10-12-20(14,17-7-3)18-8-4;1-9(7-11)5-3-4-6-10(2)8-12;1-4-7-10(8-5-2)9-6-3;1-4(6)5(7-2)8-3;5-3-1-2-4-6;1-2(3)4/h2*7-10,13-14H,1-6H3;2*9-10H,5-8,11-12H2,1-4H3;3-8H,1-2H3;4-6H2,1-3H3;5H,1-3H3;1-2H,3-4H2;1H3,(H,3,4)/b8-7+,11-9?,12-10?;8-7+,11-9+,12-10+;2*10-9+;4-3+,9-5+,10-6+;;;2-1+;. The molecule has 30 nitrogen and oxygen atoms in total. The number of methoxy groups -OCH3 is 10. The van der Waals surface area contributed by atoms with Gasteiger partial charge in [0, 0.05) is 89.8 Å². The molecule has 0 heterocycles. The predicted molar refractivity (Wildman–Crippen MR) is 469 cm³/mol. The van der Waals surface area contributed by atoms with Crippen LogP contribution in [0.3, 0.4) is 0 Å². The van der Waals surface area contributed by atoms with Crippen molar-refractivity contribution in [3.05, 3.63) is 143 Å². The van der Waals surface area contributed by atoms with E-state index in [0.29, 0.717) is 95.6 Å². The van der Waals surface area contributed by atoms with Gasteiger partial charge in [0.25, 0.3) is 5.97 Å². The minimum atomic E-state index is -3.09. The van der Waals surface area contributed by atoms with Crippen LogP contribution in [0.25, 0.3) is 0 Å². The SMILES string of the molecule is CC(=O)O.CCOP(=O)(C/C=C/CP(=O)(OCC)OCC)OCC.CCOP(=O)(C/C=C/CP(=O)(OCC)OCC)OCC.CCOP(OCC)OCC.COC(OC)/C(C)=C/C=C/C=C(\C)C(OC)OC.COC(OC)C(C)=C/C=C/C=C(C)C(OC)OC.COC(OC)C(C)=O.C\C(C=O)=C/C=C/C=C(\C)C=O.ClC/C=C/CCl. The van der Waals surface area contributed by atoms with Crippen LogP contribution in [0.4, 0.5) is 0 Å². The summed E-state index contributed by atoms with van der Waals surface area (Å²) in [5.41, 5.74) is 5.30. The number of carbonyl (C=O) groups excluding carboxylic acids is 3. The van der Waals surface area contributed by atoms with Crippen molar-refractivity contribution in [3.8, 4) is 0 Å². The number of hydrogen-bond acceptors (Lipinski definition) is 29. The van der Waals surface area contributed by atoms with E-state index in [2.05, 4.69) is 9.47 Å². The van der Waals surface area contributed by atoms with Gasteiger partial charge in [-0.15, -0.1) is 23.2 Å². The minimum Gasteiger partial charge on any atom is -0.481 e. The van der Waals surface area contributed by atoms with Gasteiger partial charge in [-0.3, -0.25) is 37.4 Å². The zero-order valence-electron chi connectivity index (χ0n) is 74.7. The molecule has 0 bridgehead atoms. The van der Waals surface area contributed by atoms with Crippen molar-refractivity contribution >= 4 is 86.5 Å². The summed E-state index contributed by atoms with van der Waals surface area (Å²) in [4.78, 5) is 39.6. The van der Waals surface area contributed by atoms with Crippen molar-refractivity contribution in [1.29, 1.82) is 0 Å². The quantitative estimate of drug-likeness (QED) is 0.0112. The first-order valence-electron chi connectivity index (χ1n) is 37.2. The summed E-state index contributed by atoms with van der Waals surface area (Å²) in [6, 6.07) is 0. The number of carboxylic acid groups (broad SMARTS) is 1. The lowest BCUT2D eigenvalue weighted by atomic mass is 10.2. The lowest BCUT2D eigenvalue weighted by Gasteiger charge is -2.16. The van der Waals surface area contributed by atoms with Gasteiger partial charge >= 0.3 is 39.0 Å². The molecule has 37 heteroatoms. The van der Waals surface area contributed by atoms with Gasteiger partial charge in [-0.05, 0) is 158 Å². The first-order valence-corrected chi connectivity index (χ1v) is 46.3. The van der Waals surface area contributed by atoms with Crippen LogP contribution in [0.15, 0.2) is 143 Å². The predicted octanol–water partition coefficient (Wildman–Crippen LogP) is 20.0. The van der Waals surface area contributed by atoms with Gasteiger partial charge in [-0.25, -0.2) is 0 Å². The van der Waals surface area contributed by atoms with E-state index in [1.807, 2.05) is 109 Å². The van der Waals surface area contributed by atoms with Gasteiger partial charge in [0.2, 0.25) is 6.29 Å². The fraction of sp³-hybridized carbons (Fsp3) is 0.646. The minimum absolute atomic E-state index is 0.116. The van der Waals surface area contributed by atoms with Crippen LogP contribution in [-0.4, -0.2) is 241 Å². The molecule has 1 N–H and O–H groups in total. The summed E-state index contributed by atoms with van der Waals surface area (Å²) in [7, 11) is 2.33. The molecule has 0 aliphatic rings. The summed E-state index contributed by atoms with van der Waals surface area (Å²) < 4.78 is 155. The molecule has 0 aromatic carbocycles. The highest BCUT2D eigenvalue weighted by Gasteiger charge is 2.26. The van der Waals surface area contributed by atoms with Crippen molar-refractivity contribution in [2.45, 2.75) is 163 Å². The highest BCUT2D eigenvalue weighted by molar-refractivity contribution is 7.55. The van der Waals surface area contributed by atoms with Crippen molar-refractivity contribution in [2.75, 3.05) is 180 Å².